The molecule has 4 N–H and O–H groups in total. The molecule has 0 unspecified atom stereocenters. The van der Waals surface area contributed by atoms with E-state index in [2.05, 4.69) is 224 Å². The average Bonchev–Trinajstić information content (AvgIpc) is 0.774. The van der Waals surface area contributed by atoms with Crippen LogP contribution in [0.4, 0.5) is 8.78 Å². The van der Waals surface area contributed by atoms with Crippen molar-refractivity contribution in [2.45, 2.75) is 20.8 Å². The molecule has 22 heteroatoms. The van der Waals surface area contributed by atoms with Gasteiger partial charge < -0.3 is 40.4 Å². The normalized spacial score (nSPS) is 10.1. The molecule has 0 saturated heterocycles. The van der Waals surface area contributed by atoms with Crippen LogP contribution in [0.2, 0.25) is 0 Å². The Morgan fingerprint density at radius 2 is 0.608 bits per heavy atom. The quantitative estimate of drug-likeness (QED) is 0.0815. The van der Waals surface area contributed by atoms with E-state index < -0.39 is 35.5 Å². The molecule has 20 rings (SSSR count). The summed E-state index contributed by atoms with van der Waals surface area (Å²) in [5.41, 5.74) is 10.6. The summed E-state index contributed by atoms with van der Waals surface area (Å²) < 4.78 is 27.2. The molecule has 0 atom stereocenters. The molecule has 8 aromatic heterocycles. The van der Waals surface area contributed by atoms with Gasteiger partial charge in [0.25, 0.3) is 0 Å². The van der Waals surface area contributed by atoms with Crippen LogP contribution in [-0.4, -0.2) is 84.2 Å². The van der Waals surface area contributed by atoms with Gasteiger partial charge in [-0.05, 0) is 207 Å². The number of rotatable bonds is 8. The minimum atomic E-state index is -0.990. The first-order valence-electron chi connectivity index (χ1n) is 37.9. The molecular formula is C103H72F2Ir4N8O8-4. The summed E-state index contributed by atoms with van der Waals surface area (Å²) in [6.07, 6.45) is 13.1. The number of aromatic carboxylic acids is 4. The van der Waals surface area contributed by atoms with Crippen LogP contribution in [0.5, 0.6) is 0 Å². The molecule has 0 saturated carbocycles. The van der Waals surface area contributed by atoms with E-state index in [1.807, 2.05) is 110 Å². The van der Waals surface area contributed by atoms with Crippen molar-refractivity contribution in [3.63, 3.8) is 0 Å². The van der Waals surface area contributed by atoms with Gasteiger partial charge in [-0.25, -0.2) is 39.1 Å². The van der Waals surface area contributed by atoms with E-state index in [1.54, 1.807) is 48.7 Å². The van der Waals surface area contributed by atoms with E-state index >= 15 is 0 Å². The number of aromatic nitrogens is 8. The predicted octanol–water partition coefficient (Wildman–Crippen LogP) is 23.7. The average molecular weight is 2360 g/mol. The maximum absolute atomic E-state index is 14.1. The van der Waals surface area contributed by atoms with Crippen molar-refractivity contribution in [3.8, 4) is 45.0 Å². The fraction of sp³-hybridized carbons (Fsp3) is 0.0291. The van der Waals surface area contributed by atoms with Gasteiger partial charge in [-0.15, -0.1) is 119 Å². The summed E-state index contributed by atoms with van der Waals surface area (Å²) in [5.74, 6) is -5.26. The maximum Gasteiger partial charge on any atom is 0.354 e. The molecule has 0 aliphatic heterocycles. The molecule has 8 heterocycles. The first-order chi connectivity index (χ1) is 59.0. The van der Waals surface area contributed by atoms with Gasteiger partial charge in [0.2, 0.25) is 0 Å². The number of benzene rings is 12. The van der Waals surface area contributed by atoms with Crippen molar-refractivity contribution in [1.82, 2.24) is 39.9 Å². The zero-order chi connectivity index (χ0) is 84.6. The molecule has 16 nitrogen and oxygen atoms in total. The van der Waals surface area contributed by atoms with Crippen molar-refractivity contribution in [3.05, 3.63) is 434 Å². The van der Waals surface area contributed by atoms with E-state index in [1.165, 1.54) is 125 Å². The maximum atomic E-state index is 14.1. The second-order valence-electron chi connectivity index (χ2n) is 27.1. The van der Waals surface area contributed by atoms with Crippen molar-refractivity contribution >= 4 is 110 Å². The first kappa shape index (κ1) is 95.1. The zero-order valence-electron chi connectivity index (χ0n) is 66.7. The monoisotopic (exact) mass is 2360 g/mol. The third kappa shape index (κ3) is 24.4. The summed E-state index contributed by atoms with van der Waals surface area (Å²) >= 11 is 0. The molecule has 0 fully saturated rings. The predicted molar refractivity (Wildman–Crippen MR) is 473 cm³/mol. The Balaban J connectivity index is 0.000000165. The third-order valence-electron chi connectivity index (χ3n) is 19.1. The SMILES string of the molecule is Cc1cc[c-]c(-c2nccc3c2ccc2ccccc23)c1.Cc1cccc2c1ccc1c(-c3[c-]cccc3)nccc12.Cc1ccnc(C(=O)O)c1.Fc1c[c-]c(-c2nccc3c2ccc2ccccc23)c(F)c1.O=C(O)c1ccccn1.O=C(O)c1ccccn1.O=C(O)c1ccccn1.[Ir].[Ir].[Ir].[Ir].[c-]1ccccc1-c1nccc2c1ccc1ccccc12. The van der Waals surface area contributed by atoms with Gasteiger partial charge >= 0.3 is 23.9 Å². The summed E-state index contributed by atoms with van der Waals surface area (Å²) in [5, 5.41) is 52.3. The van der Waals surface area contributed by atoms with Gasteiger partial charge in [-0.3, -0.25) is 8.78 Å². The number of hydrogen-bond acceptors (Lipinski definition) is 12. The minimum Gasteiger partial charge on any atom is -0.477 e. The number of carboxylic acid groups (broad SMARTS) is 4. The van der Waals surface area contributed by atoms with E-state index in [-0.39, 0.29) is 109 Å². The molecule has 0 bridgehead atoms. The van der Waals surface area contributed by atoms with Crippen LogP contribution in [0.1, 0.15) is 58.6 Å². The molecule has 626 valence electrons. The van der Waals surface area contributed by atoms with Gasteiger partial charge in [0, 0.05) is 142 Å². The Kier molecular flexibility index (Phi) is 35.4. The summed E-state index contributed by atoms with van der Waals surface area (Å²) in [6, 6.07) is 111. The molecule has 0 spiro atoms. The van der Waals surface area contributed by atoms with E-state index in [4.69, 9.17) is 20.4 Å². The molecule has 12 aromatic carbocycles. The molecule has 125 heavy (non-hydrogen) atoms. The van der Waals surface area contributed by atoms with Crippen molar-refractivity contribution in [1.29, 1.82) is 0 Å². The van der Waals surface area contributed by atoms with Crippen molar-refractivity contribution < 1.29 is 129 Å². The number of aryl methyl sites for hydroxylation is 3. The third-order valence-corrected chi connectivity index (χ3v) is 19.1. The molecule has 0 aliphatic rings. The van der Waals surface area contributed by atoms with Crippen molar-refractivity contribution in [2.24, 2.45) is 0 Å². The molecular weight excluding hydrogens is 2280 g/mol. The van der Waals surface area contributed by atoms with Gasteiger partial charge in [-0.2, -0.15) is 0 Å². The molecule has 0 aliphatic carbocycles. The summed E-state index contributed by atoms with van der Waals surface area (Å²) in [6.45, 7) is 6.08. The van der Waals surface area contributed by atoms with Crippen LogP contribution in [0.15, 0.2) is 359 Å². The Morgan fingerprint density at radius 3 is 0.992 bits per heavy atom. The number of hydrogen-bond donors (Lipinski definition) is 4. The molecule has 0 amide bonds. The van der Waals surface area contributed by atoms with Crippen LogP contribution < -0.4 is 0 Å². The van der Waals surface area contributed by atoms with Gasteiger partial charge in [0.05, 0.1) is 0 Å². The van der Waals surface area contributed by atoms with E-state index in [0.717, 1.165) is 73.0 Å². The summed E-state index contributed by atoms with van der Waals surface area (Å²) in [4.78, 5) is 73.1. The number of halogens is 2. The van der Waals surface area contributed by atoms with Gasteiger partial charge in [-0.1, -0.05) is 176 Å². The Hall–Kier alpha value is -13.7. The largest absolute Gasteiger partial charge is 0.477 e. The minimum absolute atomic E-state index is 0. The second kappa shape index (κ2) is 46.5. The van der Waals surface area contributed by atoms with E-state index in [0.29, 0.717) is 5.69 Å². The number of nitrogens with zero attached hydrogens (tertiary/aromatic N) is 8. The number of fused-ring (bicyclic) bond motifs is 12. The number of carbonyl (C=O) groups is 4. The number of carboxylic acids is 4. The standard InChI is InChI=1S/2C20H14N.C19H10F2N.C19H12N.C7H7NO2.3C6H5NO2.4Ir/c1-14-5-4-7-16(13-14)20-19-10-9-15-6-2-3-8-17(15)18(19)11-12-21-20;1-14-6-5-9-17-16(14)10-11-19-18(17)12-13-21-20(19)15-7-3-2-4-8-15;20-13-6-8-17(18(21)11-13)19-16-7-5-12-3-1-2-4-14(12)15(16)9-10-22-19;1-2-7-15(8-3-1)19-18-11-10-14-6-4-5-9-16(14)17(18)12-13-20-19;1-5-2-3-8-6(4-5)7(9)10;3*8-6(9)5-3-1-2-4-7-5;;;;/h2-6,8-13H,1H3;2-7,9-13H,1H3;1-7,9-11H;1-7,9-13H;2-4H,1H3,(H,9,10);3*1-4H,(H,8,9);;;;/q4*-1;;;;;;;;. The van der Waals surface area contributed by atoms with Crippen LogP contribution in [-0.2, 0) is 80.4 Å². The summed E-state index contributed by atoms with van der Waals surface area (Å²) in [7, 11) is 0. The van der Waals surface area contributed by atoms with Gasteiger partial charge in [0.1, 0.15) is 22.8 Å². The van der Waals surface area contributed by atoms with Crippen LogP contribution in [0, 0.1) is 56.7 Å². The second-order valence-corrected chi connectivity index (χ2v) is 27.1. The smallest absolute Gasteiger partial charge is 0.354 e. The Bertz CT molecular complexity index is 6970. The van der Waals surface area contributed by atoms with Crippen LogP contribution in [0.3, 0.4) is 0 Å². The van der Waals surface area contributed by atoms with Gasteiger partial charge in [0.15, 0.2) is 0 Å². The molecule has 4 radical (unpaired) electrons. The Morgan fingerprint density at radius 1 is 0.264 bits per heavy atom. The zero-order valence-corrected chi connectivity index (χ0v) is 76.2. The fourth-order valence-corrected chi connectivity index (χ4v) is 13.4. The Labute approximate surface area is 772 Å². The van der Waals surface area contributed by atoms with Crippen molar-refractivity contribution in [2.75, 3.05) is 0 Å². The van der Waals surface area contributed by atoms with E-state index in [9.17, 15) is 28.0 Å². The number of pyridine rings is 8. The van der Waals surface area contributed by atoms with Crippen LogP contribution in [0.25, 0.3) is 131 Å². The molecule has 20 aromatic rings. The topological polar surface area (TPSA) is 252 Å². The fourth-order valence-electron chi connectivity index (χ4n) is 13.4. The van der Waals surface area contributed by atoms with Crippen LogP contribution >= 0.6 is 0 Å². The first-order valence-corrected chi connectivity index (χ1v) is 37.9.